The molecule has 22 heavy (non-hydrogen) atoms. The van der Waals surface area contributed by atoms with Crippen molar-refractivity contribution in [1.82, 2.24) is 4.90 Å². The van der Waals surface area contributed by atoms with Gasteiger partial charge in [0.1, 0.15) is 5.75 Å². The van der Waals surface area contributed by atoms with Crippen molar-refractivity contribution in [1.29, 1.82) is 0 Å². The van der Waals surface area contributed by atoms with Crippen LogP contribution in [0.5, 0.6) is 5.75 Å². The number of aromatic hydroxyl groups is 1. The van der Waals surface area contributed by atoms with Crippen LogP contribution < -0.4 is 0 Å². The van der Waals surface area contributed by atoms with Crippen LogP contribution in [0.2, 0.25) is 0 Å². The Labute approximate surface area is 132 Å². The van der Waals surface area contributed by atoms with Crippen molar-refractivity contribution in [3.63, 3.8) is 0 Å². The quantitative estimate of drug-likeness (QED) is 0.908. The first-order chi connectivity index (χ1) is 10.8. The van der Waals surface area contributed by atoms with Crippen molar-refractivity contribution < 1.29 is 9.84 Å². The van der Waals surface area contributed by atoms with E-state index in [1.807, 2.05) is 12.1 Å². The minimum atomic E-state index is 0.330. The lowest BCUT2D eigenvalue weighted by Crippen LogP contribution is -2.39. The number of rotatable bonds is 5. The van der Waals surface area contributed by atoms with Gasteiger partial charge in [-0.3, -0.25) is 4.90 Å². The van der Waals surface area contributed by atoms with Crippen LogP contribution in [0.3, 0.4) is 0 Å². The standard InChI is InChI=1S/C19H25NO2/c1-22-11-9-18-4-2-3-10-20(18)14-15-5-6-17-13-19(21)8-7-16(17)12-15/h5-8,12-13,18,21H,2-4,9-11,14H2,1H3. The van der Waals surface area contributed by atoms with Crippen LogP contribution in [0.1, 0.15) is 31.2 Å². The predicted molar refractivity (Wildman–Crippen MR) is 90.2 cm³/mol. The van der Waals surface area contributed by atoms with Crippen molar-refractivity contribution in [2.24, 2.45) is 0 Å². The second-order valence-electron chi connectivity index (χ2n) is 6.27. The zero-order valence-corrected chi connectivity index (χ0v) is 13.3. The number of phenols is 1. The first kappa shape index (κ1) is 15.3. The first-order valence-electron chi connectivity index (χ1n) is 8.21. The summed E-state index contributed by atoms with van der Waals surface area (Å²) in [6, 6.07) is 12.8. The molecular formula is C19H25NO2. The van der Waals surface area contributed by atoms with E-state index in [4.69, 9.17) is 4.74 Å². The normalized spacial score (nSPS) is 19.6. The molecule has 1 aliphatic rings. The highest BCUT2D eigenvalue weighted by Gasteiger charge is 2.22. The summed E-state index contributed by atoms with van der Waals surface area (Å²) in [5.74, 6) is 0.330. The molecule has 0 aliphatic carbocycles. The zero-order valence-electron chi connectivity index (χ0n) is 13.3. The molecule has 1 heterocycles. The van der Waals surface area contributed by atoms with Gasteiger partial charge in [0.15, 0.2) is 0 Å². The number of hydrogen-bond donors (Lipinski definition) is 1. The minimum absolute atomic E-state index is 0.330. The van der Waals surface area contributed by atoms with Crippen LogP contribution in [0.25, 0.3) is 10.8 Å². The predicted octanol–water partition coefficient (Wildman–Crippen LogP) is 3.94. The highest BCUT2D eigenvalue weighted by atomic mass is 16.5. The molecule has 3 nitrogen and oxygen atoms in total. The Morgan fingerprint density at radius 2 is 1.95 bits per heavy atom. The van der Waals surface area contributed by atoms with E-state index in [2.05, 4.69) is 23.1 Å². The van der Waals surface area contributed by atoms with Crippen LogP contribution >= 0.6 is 0 Å². The van der Waals surface area contributed by atoms with E-state index >= 15 is 0 Å². The largest absolute Gasteiger partial charge is 0.508 e. The van der Waals surface area contributed by atoms with E-state index in [-0.39, 0.29) is 0 Å². The second-order valence-corrected chi connectivity index (χ2v) is 6.27. The van der Waals surface area contributed by atoms with Gasteiger partial charge in [-0.2, -0.15) is 0 Å². The van der Waals surface area contributed by atoms with Gasteiger partial charge in [0.2, 0.25) is 0 Å². The number of hydrogen-bond acceptors (Lipinski definition) is 3. The van der Waals surface area contributed by atoms with E-state index in [9.17, 15) is 5.11 Å². The topological polar surface area (TPSA) is 32.7 Å². The van der Waals surface area contributed by atoms with E-state index in [1.54, 1.807) is 13.2 Å². The SMILES string of the molecule is COCCC1CCCCN1Cc1ccc2cc(O)ccc2c1. The van der Waals surface area contributed by atoms with Crippen LogP contribution in [-0.2, 0) is 11.3 Å². The maximum absolute atomic E-state index is 9.56. The zero-order chi connectivity index (χ0) is 15.4. The molecule has 0 bridgehead atoms. The molecule has 1 unspecified atom stereocenters. The molecule has 0 radical (unpaired) electrons. The highest BCUT2D eigenvalue weighted by molar-refractivity contribution is 5.84. The Kier molecular flexibility index (Phi) is 4.96. The van der Waals surface area contributed by atoms with Gasteiger partial charge >= 0.3 is 0 Å². The third-order valence-corrected chi connectivity index (χ3v) is 4.68. The second kappa shape index (κ2) is 7.12. The fourth-order valence-corrected chi connectivity index (χ4v) is 3.46. The molecule has 3 rings (SSSR count). The molecule has 2 aromatic carbocycles. The van der Waals surface area contributed by atoms with E-state index in [0.717, 1.165) is 25.0 Å². The van der Waals surface area contributed by atoms with Gasteiger partial charge in [0.05, 0.1) is 0 Å². The molecule has 1 saturated heterocycles. The Hall–Kier alpha value is -1.58. The summed E-state index contributed by atoms with van der Waals surface area (Å²) in [5, 5.41) is 11.8. The van der Waals surface area contributed by atoms with Crippen LogP contribution in [0, 0.1) is 0 Å². The summed E-state index contributed by atoms with van der Waals surface area (Å²) in [6.07, 6.45) is 5.04. The fraction of sp³-hybridized carbons (Fsp3) is 0.474. The van der Waals surface area contributed by atoms with E-state index in [0.29, 0.717) is 11.8 Å². The lowest BCUT2D eigenvalue weighted by Gasteiger charge is -2.35. The molecule has 1 aliphatic heterocycles. The third-order valence-electron chi connectivity index (χ3n) is 4.68. The molecule has 2 aromatic rings. The minimum Gasteiger partial charge on any atom is -0.508 e. The fourth-order valence-electron chi connectivity index (χ4n) is 3.46. The molecule has 1 N–H and O–H groups in total. The number of piperidine rings is 1. The van der Waals surface area contributed by atoms with Crippen molar-refractivity contribution in [3.8, 4) is 5.75 Å². The number of phenolic OH excluding ortho intramolecular Hbond substituents is 1. The van der Waals surface area contributed by atoms with Gasteiger partial charge in [0.25, 0.3) is 0 Å². The average molecular weight is 299 g/mol. The van der Waals surface area contributed by atoms with Crippen LogP contribution in [-0.4, -0.2) is 36.3 Å². The summed E-state index contributed by atoms with van der Waals surface area (Å²) in [5.41, 5.74) is 1.35. The summed E-state index contributed by atoms with van der Waals surface area (Å²) in [7, 11) is 1.78. The summed E-state index contributed by atoms with van der Waals surface area (Å²) < 4.78 is 5.26. The molecule has 0 aromatic heterocycles. The number of nitrogens with zero attached hydrogens (tertiary/aromatic N) is 1. The molecule has 0 amide bonds. The molecule has 3 heteroatoms. The molecular weight excluding hydrogens is 274 g/mol. The maximum Gasteiger partial charge on any atom is 0.116 e. The molecule has 0 spiro atoms. The number of benzene rings is 2. The lowest BCUT2D eigenvalue weighted by molar-refractivity contribution is 0.0974. The van der Waals surface area contributed by atoms with Crippen molar-refractivity contribution >= 4 is 10.8 Å². The van der Waals surface area contributed by atoms with Crippen LogP contribution in [0.4, 0.5) is 0 Å². The molecule has 0 saturated carbocycles. The van der Waals surface area contributed by atoms with Crippen molar-refractivity contribution in [2.45, 2.75) is 38.3 Å². The number of methoxy groups -OCH3 is 1. The Morgan fingerprint density at radius 1 is 1.14 bits per heavy atom. The van der Waals surface area contributed by atoms with Crippen molar-refractivity contribution in [2.75, 3.05) is 20.3 Å². The highest BCUT2D eigenvalue weighted by Crippen LogP contribution is 2.25. The van der Waals surface area contributed by atoms with Gasteiger partial charge in [-0.25, -0.2) is 0 Å². The monoisotopic (exact) mass is 299 g/mol. The van der Waals surface area contributed by atoms with Crippen LogP contribution in [0.15, 0.2) is 36.4 Å². The Bertz CT molecular complexity index is 626. The molecule has 1 fully saturated rings. The summed E-state index contributed by atoms with van der Waals surface area (Å²) in [6.45, 7) is 3.03. The van der Waals surface area contributed by atoms with Gasteiger partial charge in [0, 0.05) is 26.3 Å². The van der Waals surface area contributed by atoms with Gasteiger partial charge in [-0.1, -0.05) is 24.6 Å². The Morgan fingerprint density at radius 3 is 2.82 bits per heavy atom. The summed E-state index contributed by atoms with van der Waals surface area (Å²) in [4.78, 5) is 2.60. The van der Waals surface area contributed by atoms with Crippen molar-refractivity contribution in [3.05, 3.63) is 42.0 Å². The lowest BCUT2D eigenvalue weighted by atomic mass is 9.98. The van der Waals surface area contributed by atoms with Gasteiger partial charge in [-0.15, -0.1) is 0 Å². The van der Waals surface area contributed by atoms with Gasteiger partial charge in [-0.05, 0) is 60.3 Å². The van der Waals surface area contributed by atoms with E-state index in [1.165, 1.54) is 36.8 Å². The maximum atomic E-state index is 9.56. The van der Waals surface area contributed by atoms with E-state index < -0.39 is 0 Å². The molecule has 1 atom stereocenters. The summed E-state index contributed by atoms with van der Waals surface area (Å²) >= 11 is 0. The third kappa shape index (κ3) is 3.60. The molecule has 118 valence electrons. The Balaban J connectivity index is 1.74. The number of ether oxygens (including phenoxy) is 1. The first-order valence-corrected chi connectivity index (χ1v) is 8.21. The number of fused-ring (bicyclic) bond motifs is 1. The smallest absolute Gasteiger partial charge is 0.116 e. The van der Waals surface area contributed by atoms with Gasteiger partial charge < -0.3 is 9.84 Å². The average Bonchev–Trinajstić information content (AvgIpc) is 2.54. The number of likely N-dealkylation sites (tertiary alicyclic amines) is 1.